The molecule has 3 N–H and O–H groups in total. The van der Waals surface area contributed by atoms with Crippen molar-refractivity contribution in [1.29, 1.82) is 0 Å². The summed E-state index contributed by atoms with van der Waals surface area (Å²) in [6.07, 6.45) is 0. The standard InChI is InChI=1S/C12H20N2O/c1-3-15-12-6-4-11(5-7-12)14-9-10(2)8-13/h4-7,10,14H,3,8-9,13H2,1-2H3. The van der Waals surface area contributed by atoms with Crippen molar-refractivity contribution in [2.24, 2.45) is 11.7 Å². The van der Waals surface area contributed by atoms with Gasteiger partial charge in [-0.05, 0) is 43.7 Å². The van der Waals surface area contributed by atoms with Gasteiger partial charge in [0, 0.05) is 12.2 Å². The minimum atomic E-state index is 0.497. The largest absolute Gasteiger partial charge is 0.494 e. The van der Waals surface area contributed by atoms with E-state index >= 15 is 0 Å². The number of benzene rings is 1. The summed E-state index contributed by atoms with van der Waals surface area (Å²) in [7, 11) is 0. The Kier molecular flexibility index (Phi) is 4.98. The van der Waals surface area contributed by atoms with Crippen LogP contribution in [0.25, 0.3) is 0 Å². The van der Waals surface area contributed by atoms with E-state index in [1.165, 1.54) is 0 Å². The van der Waals surface area contributed by atoms with Crippen molar-refractivity contribution in [3.05, 3.63) is 24.3 Å². The van der Waals surface area contributed by atoms with Gasteiger partial charge in [-0.1, -0.05) is 6.92 Å². The van der Waals surface area contributed by atoms with Crippen molar-refractivity contribution in [1.82, 2.24) is 0 Å². The molecule has 0 fully saturated rings. The van der Waals surface area contributed by atoms with Crippen LogP contribution in [0.15, 0.2) is 24.3 Å². The van der Waals surface area contributed by atoms with Crippen molar-refractivity contribution in [3.8, 4) is 5.75 Å². The zero-order chi connectivity index (χ0) is 11.1. The van der Waals surface area contributed by atoms with Gasteiger partial charge < -0.3 is 15.8 Å². The van der Waals surface area contributed by atoms with Crippen LogP contribution in [0.1, 0.15) is 13.8 Å². The molecule has 3 nitrogen and oxygen atoms in total. The highest BCUT2D eigenvalue weighted by molar-refractivity contribution is 5.46. The molecule has 15 heavy (non-hydrogen) atoms. The molecule has 84 valence electrons. The van der Waals surface area contributed by atoms with Crippen LogP contribution in [0.3, 0.4) is 0 Å². The smallest absolute Gasteiger partial charge is 0.119 e. The summed E-state index contributed by atoms with van der Waals surface area (Å²) in [5.74, 6) is 1.41. The molecule has 0 saturated carbocycles. The third-order valence-corrected chi connectivity index (χ3v) is 2.22. The molecule has 0 aliphatic rings. The number of hydrogen-bond acceptors (Lipinski definition) is 3. The summed E-state index contributed by atoms with van der Waals surface area (Å²) in [5.41, 5.74) is 6.65. The average Bonchev–Trinajstić information content (AvgIpc) is 2.28. The van der Waals surface area contributed by atoms with Gasteiger partial charge in [-0.25, -0.2) is 0 Å². The van der Waals surface area contributed by atoms with E-state index in [0.717, 1.165) is 18.0 Å². The lowest BCUT2D eigenvalue weighted by Gasteiger charge is -2.11. The molecule has 0 amide bonds. The molecule has 1 unspecified atom stereocenters. The molecular formula is C12H20N2O. The van der Waals surface area contributed by atoms with E-state index in [1.54, 1.807) is 0 Å². The van der Waals surface area contributed by atoms with Crippen molar-refractivity contribution >= 4 is 5.69 Å². The van der Waals surface area contributed by atoms with Crippen LogP contribution in [0.4, 0.5) is 5.69 Å². The summed E-state index contributed by atoms with van der Waals surface area (Å²) >= 11 is 0. The fourth-order valence-corrected chi connectivity index (χ4v) is 1.21. The van der Waals surface area contributed by atoms with Crippen molar-refractivity contribution < 1.29 is 4.74 Å². The number of anilines is 1. The maximum Gasteiger partial charge on any atom is 0.119 e. The van der Waals surface area contributed by atoms with Crippen LogP contribution in [0.5, 0.6) is 5.75 Å². The second-order valence-corrected chi connectivity index (χ2v) is 3.68. The summed E-state index contributed by atoms with van der Waals surface area (Å²) < 4.78 is 5.36. The molecule has 1 rings (SSSR count). The molecule has 0 aromatic heterocycles. The van der Waals surface area contributed by atoms with Crippen LogP contribution in [-0.2, 0) is 0 Å². The molecule has 1 atom stereocenters. The number of nitrogens with two attached hydrogens (primary N) is 1. The van der Waals surface area contributed by atoms with Gasteiger partial charge in [0.25, 0.3) is 0 Å². The third kappa shape index (κ3) is 4.21. The topological polar surface area (TPSA) is 47.3 Å². The fourth-order valence-electron chi connectivity index (χ4n) is 1.21. The van der Waals surface area contributed by atoms with Crippen molar-refractivity contribution in [2.75, 3.05) is 25.0 Å². The minimum Gasteiger partial charge on any atom is -0.494 e. The van der Waals surface area contributed by atoms with Gasteiger partial charge >= 0.3 is 0 Å². The Labute approximate surface area is 91.6 Å². The summed E-state index contributed by atoms with van der Waals surface area (Å²) in [6.45, 7) is 6.43. The first-order valence-corrected chi connectivity index (χ1v) is 5.43. The first-order chi connectivity index (χ1) is 7.26. The van der Waals surface area contributed by atoms with E-state index in [-0.39, 0.29) is 0 Å². The van der Waals surface area contributed by atoms with Gasteiger partial charge in [0.05, 0.1) is 6.61 Å². The second kappa shape index (κ2) is 6.30. The van der Waals surface area contributed by atoms with E-state index in [0.29, 0.717) is 19.1 Å². The SMILES string of the molecule is CCOc1ccc(NCC(C)CN)cc1. The number of nitrogens with one attached hydrogen (secondary N) is 1. The monoisotopic (exact) mass is 208 g/mol. The average molecular weight is 208 g/mol. The highest BCUT2D eigenvalue weighted by Crippen LogP contribution is 2.15. The normalized spacial score (nSPS) is 12.2. The van der Waals surface area contributed by atoms with Crippen molar-refractivity contribution in [3.63, 3.8) is 0 Å². The van der Waals surface area contributed by atoms with E-state index < -0.39 is 0 Å². The van der Waals surface area contributed by atoms with Gasteiger partial charge in [-0.2, -0.15) is 0 Å². The Bertz CT molecular complexity index is 271. The second-order valence-electron chi connectivity index (χ2n) is 3.68. The quantitative estimate of drug-likeness (QED) is 0.752. The molecule has 0 saturated heterocycles. The molecule has 0 aliphatic heterocycles. The highest BCUT2D eigenvalue weighted by atomic mass is 16.5. The zero-order valence-electron chi connectivity index (χ0n) is 9.49. The molecule has 0 aliphatic carbocycles. The Morgan fingerprint density at radius 2 is 2.00 bits per heavy atom. The van der Waals surface area contributed by atoms with E-state index in [1.807, 2.05) is 31.2 Å². The summed E-state index contributed by atoms with van der Waals surface area (Å²) in [6, 6.07) is 7.99. The van der Waals surface area contributed by atoms with E-state index in [2.05, 4.69) is 12.2 Å². The summed E-state index contributed by atoms with van der Waals surface area (Å²) in [4.78, 5) is 0. The number of hydrogen-bond donors (Lipinski definition) is 2. The minimum absolute atomic E-state index is 0.497. The van der Waals surface area contributed by atoms with Crippen molar-refractivity contribution in [2.45, 2.75) is 13.8 Å². The lowest BCUT2D eigenvalue weighted by Crippen LogP contribution is -2.19. The maximum atomic E-state index is 5.54. The molecule has 1 aromatic carbocycles. The fraction of sp³-hybridized carbons (Fsp3) is 0.500. The molecule has 0 bridgehead atoms. The summed E-state index contributed by atoms with van der Waals surface area (Å²) in [5, 5.41) is 3.33. The number of rotatable bonds is 6. The Morgan fingerprint density at radius 1 is 1.33 bits per heavy atom. The number of ether oxygens (including phenoxy) is 1. The van der Waals surface area contributed by atoms with Gasteiger partial charge in [-0.15, -0.1) is 0 Å². The maximum absolute atomic E-state index is 5.54. The Balaban J connectivity index is 2.42. The zero-order valence-corrected chi connectivity index (χ0v) is 9.49. The molecule has 0 heterocycles. The lowest BCUT2D eigenvalue weighted by molar-refractivity contribution is 0.340. The Morgan fingerprint density at radius 3 is 2.53 bits per heavy atom. The van der Waals surface area contributed by atoms with E-state index in [9.17, 15) is 0 Å². The van der Waals surface area contributed by atoms with Gasteiger partial charge in [0.15, 0.2) is 0 Å². The molecule has 3 heteroatoms. The van der Waals surface area contributed by atoms with Gasteiger partial charge in [-0.3, -0.25) is 0 Å². The molecular weight excluding hydrogens is 188 g/mol. The first kappa shape index (κ1) is 11.9. The van der Waals surface area contributed by atoms with Crippen LogP contribution in [-0.4, -0.2) is 19.7 Å². The van der Waals surface area contributed by atoms with Crippen LogP contribution in [0.2, 0.25) is 0 Å². The van der Waals surface area contributed by atoms with Crippen LogP contribution < -0.4 is 15.8 Å². The lowest BCUT2D eigenvalue weighted by atomic mass is 10.2. The molecule has 0 radical (unpaired) electrons. The van der Waals surface area contributed by atoms with Crippen LogP contribution in [0, 0.1) is 5.92 Å². The van der Waals surface area contributed by atoms with Gasteiger partial charge in [0.1, 0.15) is 5.75 Å². The molecule has 1 aromatic rings. The predicted octanol–water partition coefficient (Wildman–Crippen LogP) is 2.09. The third-order valence-electron chi connectivity index (χ3n) is 2.22. The first-order valence-electron chi connectivity index (χ1n) is 5.43. The Hall–Kier alpha value is -1.22. The van der Waals surface area contributed by atoms with Crippen LogP contribution >= 0.6 is 0 Å². The predicted molar refractivity (Wildman–Crippen MR) is 64.3 cm³/mol. The van der Waals surface area contributed by atoms with Gasteiger partial charge in [0.2, 0.25) is 0 Å². The highest BCUT2D eigenvalue weighted by Gasteiger charge is 1.98. The van der Waals surface area contributed by atoms with E-state index in [4.69, 9.17) is 10.5 Å². The molecule has 0 spiro atoms.